The molecule has 106 valence electrons. The molecule has 0 saturated carbocycles. The van der Waals surface area contributed by atoms with Crippen LogP contribution in [0.2, 0.25) is 0 Å². The number of H-pyrrole nitrogens is 1. The fraction of sp³-hybridized carbons (Fsp3) is 0.0667. The molecule has 1 aromatic heterocycles. The Morgan fingerprint density at radius 1 is 1.24 bits per heavy atom. The number of aromatic nitrogens is 2. The summed E-state index contributed by atoms with van der Waals surface area (Å²) in [6.07, 6.45) is 0. The molecule has 2 N–H and O–H groups in total. The zero-order valence-electron chi connectivity index (χ0n) is 10.9. The van der Waals surface area contributed by atoms with Gasteiger partial charge in [-0.25, -0.2) is 9.37 Å². The van der Waals surface area contributed by atoms with E-state index in [0.29, 0.717) is 10.3 Å². The van der Waals surface area contributed by atoms with Crippen LogP contribution in [0, 0.1) is 5.82 Å². The molecular weight excluding hydrogens is 337 g/mol. The van der Waals surface area contributed by atoms with E-state index in [9.17, 15) is 9.18 Å². The maximum Gasteiger partial charge on any atom is 0.255 e. The Kier molecular flexibility index (Phi) is 3.70. The first kappa shape index (κ1) is 13.8. The highest BCUT2D eigenvalue weighted by molar-refractivity contribution is 9.10. The van der Waals surface area contributed by atoms with Gasteiger partial charge in [0.15, 0.2) is 0 Å². The molecule has 3 aromatic rings. The van der Waals surface area contributed by atoms with E-state index in [1.807, 2.05) is 24.3 Å². The molecule has 0 aliphatic carbocycles. The van der Waals surface area contributed by atoms with Crippen LogP contribution < -0.4 is 5.32 Å². The summed E-state index contributed by atoms with van der Waals surface area (Å²) in [4.78, 5) is 19.5. The summed E-state index contributed by atoms with van der Waals surface area (Å²) in [5.41, 5.74) is 1.72. The predicted molar refractivity (Wildman–Crippen MR) is 81.4 cm³/mol. The molecule has 0 unspecified atom stereocenters. The molecule has 0 fully saturated rings. The van der Waals surface area contributed by atoms with Crippen molar-refractivity contribution in [2.75, 3.05) is 0 Å². The van der Waals surface area contributed by atoms with E-state index in [-0.39, 0.29) is 12.1 Å². The van der Waals surface area contributed by atoms with Gasteiger partial charge in [-0.15, -0.1) is 0 Å². The van der Waals surface area contributed by atoms with Gasteiger partial charge in [0.1, 0.15) is 11.6 Å². The molecule has 0 aliphatic heterocycles. The molecule has 1 amide bonds. The van der Waals surface area contributed by atoms with Gasteiger partial charge >= 0.3 is 0 Å². The Morgan fingerprint density at radius 2 is 2.05 bits per heavy atom. The van der Waals surface area contributed by atoms with Crippen LogP contribution in [0.1, 0.15) is 16.2 Å². The van der Waals surface area contributed by atoms with Gasteiger partial charge < -0.3 is 10.3 Å². The molecule has 3 rings (SSSR count). The summed E-state index contributed by atoms with van der Waals surface area (Å²) < 4.78 is 14.1. The molecule has 0 bridgehead atoms. The van der Waals surface area contributed by atoms with Gasteiger partial charge in [-0.3, -0.25) is 4.79 Å². The Balaban J connectivity index is 1.76. The Hall–Kier alpha value is -2.21. The fourth-order valence-corrected chi connectivity index (χ4v) is 2.58. The zero-order chi connectivity index (χ0) is 14.8. The number of aromatic amines is 1. The number of hydrogen-bond donors (Lipinski definition) is 2. The first-order valence-electron chi connectivity index (χ1n) is 6.31. The fourth-order valence-electron chi connectivity index (χ4n) is 2.06. The van der Waals surface area contributed by atoms with Crippen LogP contribution in [0.15, 0.2) is 46.9 Å². The molecule has 0 atom stereocenters. The summed E-state index contributed by atoms with van der Waals surface area (Å²) in [5, 5.41) is 2.66. The Morgan fingerprint density at radius 3 is 2.81 bits per heavy atom. The molecule has 0 spiro atoms. The van der Waals surface area contributed by atoms with Crippen LogP contribution in [0.3, 0.4) is 0 Å². The number of nitrogens with one attached hydrogen (secondary N) is 2. The summed E-state index contributed by atoms with van der Waals surface area (Å²) in [5.74, 6) is -0.427. The third-order valence-electron chi connectivity index (χ3n) is 3.04. The number of halogens is 2. The summed E-state index contributed by atoms with van der Waals surface area (Å²) in [6.45, 7) is 0.203. The van der Waals surface area contributed by atoms with E-state index in [1.165, 1.54) is 12.1 Å². The number of nitrogens with zero attached hydrogens (tertiary/aromatic N) is 1. The second kappa shape index (κ2) is 5.65. The molecule has 0 aliphatic rings. The van der Waals surface area contributed by atoms with Crippen LogP contribution >= 0.6 is 15.9 Å². The second-order valence-electron chi connectivity index (χ2n) is 4.48. The number of hydrogen-bond acceptors (Lipinski definition) is 2. The minimum Gasteiger partial charge on any atom is -0.345 e. The van der Waals surface area contributed by atoms with Gasteiger partial charge in [-0.1, -0.05) is 18.2 Å². The van der Waals surface area contributed by atoms with Crippen molar-refractivity contribution in [3.05, 3.63) is 64.1 Å². The SMILES string of the molecule is O=C(NCc1nc2ccccc2[nH]1)c1c(F)cccc1Br. The Labute approximate surface area is 128 Å². The minimum atomic E-state index is -0.563. The number of carbonyl (C=O) groups is 1. The highest BCUT2D eigenvalue weighted by atomic mass is 79.9. The normalized spacial score (nSPS) is 10.8. The van der Waals surface area contributed by atoms with Crippen molar-refractivity contribution in [2.24, 2.45) is 0 Å². The Bertz CT molecular complexity index is 762. The summed E-state index contributed by atoms with van der Waals surface area (Å²) in [7, 11) is 0. The topological polar surface area (TPSA) is 57.8 Å². The highest BCUT2D eigenvalue weighted by Crippen LogP contribution is 2.19. The van der Waals surface area contributed by atoms with Crippen molar-refractivity contribution in [3.63, 3.8) is 0 Å². The van der Waals surface area contributed by atoms with Crippen LogP contribution in [0.25, 0.3) is 11.0 Å². The quantitative estimate of drug-likeness (QED) is 0.762. The van der Waals surface area contributed by atoms with Crippen molar-refractivity contribution in [3.8, 4) is 0 Å². The highest BCUT2D eigenvalue weighted by Gasteiger charge is 2.15. The van der Waals surface area contributed by atoms with Gasteiger partial charge in [0.25, 0.3) is 5.91 Å². The number of carbonyl (C=O) groups excluding carboxylic acids is 1. The molecular formula is C15H11BrFN3O. The van der Waals surface area contributed by atoms with Crippen molar-refractivity contribution in [1.29, 1.82) is 0 Å². The average molecular weight is 348 g/mol. The predicted octanol–water partition coefficient (Wildman–Crippen LogP) is 3.39. The number of para-hydroxylation sites is 2. The standard InChI is InChI=1S/C15H11BrFN3O/c16-9-4-3-5-10(17)14(9)15(21)18-8-13-19-11-6-1-2-7-12(11)20-13/h1-7H,8H2,(H,18,21)(H,19,20). The number of fused-ring (bicyclic) bond motifs is 1. The number of imidazole rings is 1. The van der Waals surface area contributed by atoms with Crippen molar-refractivity contribution < 1.29 is 9.18 Å². The van der Waals surface area contributed by atoms with Crippen molar-refractivity contribution >= 4 is 32.9 Å². The molecule has 0 radical (unpaired) electrons. The van der Waals surface area contributed by atoms with E-state index in [2.05, 4.69) is 31.2 Å². The summed E-state index contributed by atoms with van der Waals surface area (Å²) in [6, 6.07) is 12.0. The molecule has 4 nitrogen and oxygen atoms in total. The molecule has 1 heterocycles. The first-order valence-corrected chi connectivity index (χ1v) is 7.10. The maximum absolute atomic E-state index is 13.7. The lowest BCUT2D eigenvalue weighted by Crippen LogP contribution is -2.24. The molecule has 2 aromatic carbocycles. The van der Waals surface area contributed by atoms with Crippen molar-refractivity contribution in [1.82, 2.24) is 15.3 Å². The molecule has 6 heteroatoms. The van der Waals surface area contributed by atoms with Gasteiger partial charge in [-0.05, 0) is 40.2 Å². The van der Waals surface area contributed by atoms with Crippen LogP contribution in [-0.2, 0) is 6.54 Å². The number of rotatable bonds is 3. The minimum absolute atomic E-state index is 0.00592. The lowest BCUT2D eigenvalue weighted by atomic mass is 10.2. The van der Waals surface area contributed by atoms with Crippen LogP contribution in [-0.4, -0.2) is 15.9 Å². The molecule has 0 saturated heterocycles. The van der Waals surface area contributed by atoms with Crippen molar-refractivity contribution in [2.45, 2.75) is 6.54 Å². The van der Waals surface area contributed by atoms with E-state index in [4.69, 9.17) is 0 Å². The number of amides is 1. The monoisotopic (exact) mass is 347 g/mol. The van der Waals surface area contributed by atoms with E-state index < -0.39 is 11.7 Å². The number of benzene rings is 2. The van der Waals surface area contributed by atoms with E-state index in [0.717, 1.165) is 11.0 Å². The maximum atomic E-state index is 13.7. The average Bonchev–Trinajstić information content (AvgIpc) is 2.87. The van der Waals surface area contributed by atoms with Gasteiger partial charge in [0.2, 0.25) is 0 Å². The first-order chi connectivity index (χ1) is 10.1. The zero-order valence-corrected chi connectivity index (χ0v) is 12.4. The van der Waals surface area contributed by atoms with Crippen LogP contribution in [0.4, 0.5) is 4.39 Å². The summed E-state index contributed by atoms with van der Waals surface area (Å²) >= 11 is 3.18. The lowest BCUT2D eigenvalue weighted by molar-refractivity contribution is 0.0945. The third kappa shape index (κ3) is 2.80. The van der Waals surface area contributed by atoms with Gasteiger partial charge in [0, 0.05) is 4.47 Å². The molecule has 21 heavy (non-hydrogen) atoms. The van der Waals surface area contributed by atoms with Crippen LogP contribution in [0.5, 0.6) is 0 Å². The van der Waals surface area contributed by atoms with E-state index >= 15 is 0 Å². The van der Waals surface area contributed by atoms with Gasteiger partial charge in [0.05, 0.1) is 23.1 Å². The van der Waals surface area contributed by atoms with Gasteiger partial charge in [-0.2, -0.15) is 0 Å². The van der Waals surface area contributed by atoms with E-state index in [1.54, 1.807) is 6.07 Å². The lowest BCUT2D eigenvalue weighted by Gasteiger charge is -2.06. The third-order valence-corrected chi connectivity index (χ3v) is 3.71. The smallest absolute Gasteiger partial charge is 0.255 e. The second-order valence-corrected chi connectivity index (χ2v) is 5.33. The largest absolute Gasteiger partial charge is 0.345 e.